The van der Waals surface area contributed by atoms with E-state index in [1.54, 1.807) is 23.4 Å². The number of furan rings is 1. The summed E-state index contributed by atoms with van der Waals surface area (Å²) in [6.07, 6.45) is 6.29. The Morgan fingerprint density at radius 3 is 3.00 bits per heavy atom. The Hall–Kier alpha value is -1.62. The largest absolute Gasteiger partial charge is 0.472 e. The van der Waals surface area contributed by atoms with E-state index in [1.807, 2.05) is 13.1 Å². The second kappa shape index (κ2) is 4.94. The molecule has 5 nitrogen and oxygen atoms in total. The molecule has 0 spiro atoms. The van der Waals surface area contributed by atoms with Gasteiger partial charge >= 0.3 is 0 Å². The van der Waals surface area contributed by atoms with Crippen LogP contribution in [0.4, 0.5) is 0 Å². The lowest BCUT2D eigenvalue weighted by Crippen LogP contribution is -2.24. The van der Waals surface area contributed by atoms with Gasteiger partial charge in [-0.25, -0.2) is 0 Å². The lowest BCUT2D eigenvalue weighted by atomic mass is 10.1. The first kappa shape index (κ1) is 10.9. The van der Waals surface area contributed by atoms with Crippen LogP contribution in [0.2, 0.25) is 0 Å². The van der Waals surface area contributed by atoms with Crippen molar-refractivity contribution in [3.8, 4) is 0 Å². The lowest BCUT2D eigenvalue weighted by Gasteiger charge is -2.16. The van der Waals surface area contributed by atoms with Gasteiger partial charge in [0.05, 0.1) is 30.5 Å². The maximum atomic E-state index is 5.12. The van der Waals surface area contributed by atoms with E-state index in [9.17, 15) is 0 Å². The van der Waals surface area contributed by atoms with Crippen molar-refractivity contribution in [3.63, 3.8) is 0 Å². The number of aryl methyl sites for hydroxylation is 1. The molecule has 1 atom stereocenters. The molecule has 0 aliphatic carbocycles. The van der Waals surface area contributed by atoms with Crippen molar-refractivity contribution < 1.29 is 4.42 Å². The molecule has 2 aromatic rings. The van der Waals surface area contributed by atoms with Crippen LogP contribution in [0.3, 0.4) is 0 Å². The first-order chi connectivity index (χ1) is 7.83. The van der Waals surface area contributed by atoms with Gasteiger partial charge in [0.15, 0.2) is 0 Å². The molecule has 2 heterocycles. The molecule has 0 radical (unpaired) electrons. The monoisotopic (exact) mass is 220 g/mol. The predicted octanol–water partition coefficient (Wildman–Crippen LogP) is 1.50. The molecule has 16 heavy (non-hydrogen) atoms. The Balaban J connectivity index is 2.25. The van der Waals surface area contributed by atoms with Gasteiger partial charge in [-0.3, -0.25) is 4.68 Å². The predicted molar refractivity (Wildman–Crippen MR) is 59.8 cm³/mol. The van der Waals surface area contributed by atoms with Crippen molar-refractivity contribution in [1.29, 1.82) is 0 Å². The van der Waals surface area contributed by atoms with Gasteiger partial charge in [0.1, 0.15) is 0 Å². The summed E-state index contributed by atoms with van der Waals surface area (Å²) in [7, 11) is 1.89. The third kappa shape index (κ3) is 2.14. The zero-order valence-corrected chi connectivity index (χ0v) is 9.55. The smallest absolute Gasteiger partial charge is 0.0954 e. The SMILES string of the molecule is CCCNC(c1ccoc1)c1cnnn1C. The maximum Gasteiger partial charge on any atom is 0.0954 e. The fourth-order valence-corrected chi connectivity index (χ4v) is 1.68. The van der Waals surface area contributed by atoms with Gasteiger partial charge in [-0.05, 0) is 19.0 Å². The van der Waals surface area contributed by atoms with Crippen LogP contribution in [-0.4, -0.2) is 21.5 Å². The van der Waals surface area contributed by atoms with Crippen molar-refractivity contribution in [2.24, 2.45) is 7.05 Å². The topological polar surface area (TPSA) is 55.9 Å². The summed E-state index contributed by atoms with van der Waals surface area (Å²) in [6, 6.07) is 2.05. The molecule has 2 rings (SSSR count). The van der Waals surface area contributed by atoms with E-state index < -0.39 is 0 Å². The van der Waals surface area contributed by atoms with E-state index in [-0.39, 0.29) is 6.04 Å². The summed E-state index contributed by atoms with van der Waals surface area (Å²) in [5.41, 5.74) is 2.13. The van der Waals surface area contributed by atoms with E-state index >= 15 is 0 Å². The molecule has 0 saturated carbocycles. The summed E-state index contributed by atoms with van der Waals surface area (Å²) < 4.78 is 6.90. The minimum atomic E-state index is 0.0960. The molecule has 0 saturated heterocycles. The maximum absolute atomic E-state index is 5.12. The Morgan fingerprint density at radius 2 is 2.44 bits per heavy atom. The van der Waals surface area contributed by atoms with E-state index in [0.29, 0.717) is 0 Å². The van der Waals surface area contributed by atoms with Crippen LogP contribution in [0.1, 0.15) is 30.6 Å². The summed E-state index contributed by atoms with van der Waals surface area (Å²) in [5.74, 6) is 0. The average Bonchev–Trinajstić information content (AvgIpc) is 2.91. The first-order valence-electron chi connectivity index (χ1n) is 5.43. The molecule has 1 N–H and O–H groups in total. The van der Waals surface area contributed by atoms with Crippen LogP contribution in [0, 0.1) is 0 Å². The average molecular weight is 220 g/mol. The van der Waals surface area contributed by atoms with E-state index in [4.69, 9.17) is 4.42 Å². The van der Waals surface area contributed by atoms with Crippen LogP contribution in [0.25, 0.3) is 0 Å². The molecule has 0 bridgehead atoms. The number of nitrogens with zero attached hydrogens (tertiary/aromatic N) is 3. The molecule has 2 aromatic heterocycles. The molecule has 0 fully saturated rings. The highest BCUT2D eigenvalue weighted by Gasteiger charge is 2.17. The van der Waals surface area contributed by atoms with Gasteiger partial charge in [0, 0.05) is 12.6 Å². The van der Waals surface area contributed by atoms with Crippen molar-refractivity contribution in [3.05, 3.63) is 36.0 Å². The summed E-state index contributed by atoms with van der Waals surface area (Å²) >= 11 is 0. The van der Waals surface area contributed by atoms with Crippen molar-refractivity contribution in [2.45, 2.75) is 19.4 Å². The van der Waals surface area contributed by atoms with Crippen molar-refractivity contribution in [1.82, 2.24) is 20.3 Å². The number of nitrogens with one attached hydrogen (secondary N) is 1. The minimum Gasteiger partial charge on any atom is -0.472 e. The van der Waals surface area contributed by atoms with Crippen LogP contribution < -0.4 is 5.32 Å². The Labute approximate surface area is 94.5 Å². The summed E-state index contributed by atoms with van der Waals surface area (Å²) in [5, 5.41) is 11.3. The Bertz CT molecular complexity index is 421. The Morgan fingerprint density at radius 1 is 1.56 bits per heavy atom. The number of hydrogen-bond acceptors (Lipinski definition) is 4. The second-order valence-corrected chi connectivity index (χ2v) is 3.73. The Kier molecular flexibility index (Phi) is 3.36. The zero-order chi connectivity index (χ0) is 11.4. The van der Waals surface area contributed by atoms with Crippen LogP contribution in [-0.2, 0) is 7.05 Å². The van der Waals surface area contributed by atoms with Crippen LogP contribution >= 0.6 is 0 Å². The van der Waals surface area contributed by atoms with Gasteiger partial charge in [-0.2, -0.15) is 0 Å². The molecule has 86 valence electrons. The van der Waals surface area contributed by atoms with E-state index in [0.717, 1.165) is 24.2 Å². The third-order valence-corrected chi connectivity index (χ3v) is 2.52. The number of aromatic nitrogens is 3. The van der Waals surface area contributed by atoms with Gasteiger partial charge < -0.3 is 9.73 Å². The molecular formula is C11H16N4O. The molecule has 0 aliphatic heterocycles. The number of hydrogen-bond donors (Lipinski definition) is 1. The third-order valence-electron chi connectivity index (χ3n) is 2.52. The standard InChI is InChI=1S/C11H16N4O/c1-3-5-12-11(9-4-6-16-8-9)10-7-13-14-15(10)2/h4,6-8,11-12H,3,5H2,1-2H3. The molecule has 5 heteroatoms. The molecular weight excluding hydrogens is 204 g/mol. The fourth-order valence-electron chi connectivity index (χ4n) is 1.68. The summed E-state index contributed by atoms with van der Waals surface area (Å²) in [4.78, 5) is 0. The lowest BCUT2D eigenvalue weighted by molar-refractivity contribution is 0.530. The molecule has 0 amide bonds. The van der Waals surface area contributed by atoms with Gasteiger partial charge in [0.2, 0.25) is 0 Å². The zero-order valence-electron chi connectivity index (χ0n) is 9.55. The fraction of sp³-hybridized carbons (Fsp3) is 0.455. The normalized spacial score (nSPS) is 12.9. The molecule has 1 unspecified atom stereocenters. The van der Waals surface area contributed by atoms with Crippen LogP contribution in [0.5, 0.6) is 0 Å². The molecule has 0 aromatic carbocycles. The van der Waals surface area contributed by atoms with Crippen molar-refractivity contribution in [2.75, 3.05) is 6.54 Å². The second-order valence-electron chi connectivity index (χ2n) is 3.73. The minimum absolute atomic E-state index is 0.0960. The van der Waals surface area contributed by atoms with E-state index in [1.165, 1.54) is 0 Å². The quantitative estimate of drug-likeness (QED) is 0.829. The molecule has 0 aliphatic rings. The highest BCUT2D eigenvalue weighted by molar-refractivity contribution is 5.22. The van der Waals surface area contributed by atoms with Crippen molar-refractivity contribution >= 4 is 0 Å². The summed E-state index contributed by atoms with van der Waals surface area (Å²) in [6.45, 7) is 3.09. The number of rotatable bonds is 5. The first-order valence-corrected chi connectivity index (χ1v) is 5.43. The van der Waals surface area contributed by atoms with Gasteiger partial charge in [-0.1, -0.05) is 12.1 Å². The van der Waals surface area contributed by atoms with Crippen LogP contribution in [0.15, 0.2) is 29.2 Å². The highest BCUT2D eigenvalue weighted by atomic mass is 16.3. The van der Waals surface area contributed by atoms with Gasteiger partial charge in [0.25, 0.3) is 0 Å². The van der Waals surface area contributed by atoms with Gasteiger partial charge in [-0.15, -0.1) is 5.10 Å². The van der Waals surface area contributed by atoms with E-state index in [2.05, 4.69) is 22.6 Å². The highest BCUT2D eigenvalue weighted by Crippen LogP contribution is 2.20.